The first kappa shape index (κ1) is 16.4. The molecule has 0 saturated heterocycles. The first-order chi connectivity index (χ1) is 10.9. The molecule has 0 spiro atoms. The summed E-state index contributed by atoms with van der Waals surface area (Å²) in [6, 6.07) is 7.59. The van der Waals surface area contributed by atoms with Gasteiger partial charge in [-0.1, -0.05) is 35.9 Å². The van der Waals surface area contributed by atoms with Gasteiger partial charge >= 0.3 is 0 Å². The normalized spacial score (nSPS) is 12.3. The molecule has 0 bridgehead atoms. The number of fused-ring (bicyclic) bond motifs is 1. The van der Waals surface area contributed by atoms with E-state index in [4.69, 9.17) is 11.6 Å². The van der Waals surface area contributed by atoms with Gasteiger partial charge in [-0.3, -0.25) is 4.40 Å². The van der Waals surface area contributed by atoms with Crippen LogP contribution in [0.3, 0.4) is 0 Å². The molecule has 8 heteroatoms. The Morgan fingerprint density at radius 1 is 1.30 bits per heavy atom. The lowest BCUT2D eigenvalue weighted by Crippen LogP contribution is -2.12. The van der Waals surface area contributed by atoms with Crippen molar-refractivity contribution in [2.24, 2.45) is 0 Å². The second-order valence-electron chi connectivity index (χ2n) is 5.58. The average Bonchev–Trinajstić information content (AvgIpc) is 2.96. The molecule has 0 unspecified atom stereocenters. The fraction of sp³-hybridized carbons (Fsp3) is 0.267. The topological polar surface area (TPSA) is 54.7 Å². The number of halogens is 1. The predicted molar refractivity (Wildman–Crippen MR) is 92.8 cm³/mol. The van der Waals surface area contributed by atoms with Crippen LogP contribution in [0.25, 0.3) is 4.96 Å². The SMILES string of the molecule is CN(C)Cc1cccc(CS(=O)(=O)c2c(Cl)nc3sccn23)c1. The van der Waals surface area contributed by atoms with E-state index in [1.165, 1.54) is 15.7 Å². The predicted octanol–water partition coefficient (Wildman–Crippen LogP) is 3.08. The molecule has 5 nitrogen and oxygen atoms in total. The van der Waals surface area contributed by atoms with E-state index in [0.29, 0.717) is 4.96 Å². The minimum absolute atomic E-state index is 0.0290. The summed E-state index contributed by atoms with van der Waals surface area (Å²) in [7, 11) is 0.369. The number of hydrogen-bond donors (Lipinski definition) is 0. The van der Waals surface area contributed by atoms with Gasteiger partial charge in [0.25, 0.3) is 0 Å². The van der Waals surface area contributed by atoms with E-state index in [-0.39, 0.29) is 15.9 Å². The van der Waals surface area contributed by atoms with E-state index >= 15 is 0 Å². The second kappa shape index (κ2) is 6.24. The Morgan fingerprint density at radius 2 is 2.04 bits per heavy atom. The standard InChI is InChI=1S/C15H16ClN3O2S2/c1-18(2)9-11-4-3-5-12(8-11)10-23(20,21)14-13(16)17-15-19(14)6-7-22-15/h3-8H,9-10H2,1-2H3. The number of benzene rings is 1. The quantitative estimate of drug-likeness (QED) is 0.693. The minimum atomic E-state index is -3.58. The third-order valence-electron chi connectivity index (χ3n) is 3.32. The maximum absolute atomic E-state index is 12.8. The number of sulfone groups is 1. The Balaban J connectivity index is 1.95. The Kier molecular flexibility index (Phi) is 4.46. The smallest absolute Gasteiger partial charge is 0.201 e. The van der Waals surface area contributed by atoms with Gasteiger partial charge in [-0.05, 0) is 25.2 Å². The molecule has 0 saturated carbocycles. The molecule has 3 rings (SSSR count). The van der Waals surface area contributed by atoms with E-state index in [0.717, 1.165) is 17.7 Å². The molecule has 0 N–H and O–H groups in total. The summed E-state index contributed by atoms with van der Waals surface area (Å²) in [5.41, 5.74) is 1.81. The summed E-state index contributed by atoms with van der Waals surface area (Å²) in [6.45, 7) is 0.760. The highest BCUT2D eigenvalue weighted by atomic mass is 35.5. The van der Waals surface area contributed by atoms with Crippen molar-refractivity contribution in [3.63, 3.8) is 0 Å². The largest absolute Gasteiger partial charge is 0.305 e. The van der Waals surface area contributed by atoms with Crippen LogP contribution >= 0.6 is 22.9 Å². The van der Waals surface area contributed by atoms with Crippen LogP contribution in [-0.4, -0.2) is 36.8 Å². The number of thiazole rings is 1. The fourth-order valence-corrected chi connectivity index (χ4v) is 5.34. The van der Waals surface area contributed by atoms with Crippen molar-refractivity contribution in [3.05, 3.63) is 52.1 Å². The highest BCUT2D eigenvalue weighted by Crippen LogP contribution is 2.28. The molecule has 2 aromatic heterocycles. The summed E-state index contributed by atoms with van der Waals surface area (Å²) in [4.78, 5) is 6.72. The van der Waals surface area contributed by atoms with Gasteiger partial charge in [0, 0.05) is 18.1 Å². The lowest BCUT2D eigenvalue weighted by Gasteiger charge is -2.11. The van der Waals surface area contributed by atoms with Crippen molar-refractivity contribution in [2.75, 3.05) is 14.1 Å². The summed E-state index contributed by atoms with van der Waals surface area (Å²) in [6.07, 6.45) is 1.67. The molecule has 2 heterocycles. The van der Waals surface area contributed by atoms with Gasteiger partial charge in [0.05, 0.1) is 5.75 Å². The zero-order valence-electron chi connectivity index (χ0n) is 12.7. The average molecular weight is 370 g/mol. The molecule has 0 radical (unpaired) electrons. The van der Waals surface area contributed by atoms with Crippen molar-refractivity contribution in [1.29, 1.82) is 0 Å². The summed E-state index contributed by atoms with van der Waals surface area (Å²) in [5.74, 6) is -0.0996. The monoisotopic (exact) mass is 369 g/mol. The lowest BCUT2D eigenvalue weighted by atomic mass is 10.1. The molecular weight excluding hydrogens is 354 g/mol. The molecule has 3 aromatic rings. The van der Waals surface area contributed by atoms with Crippen LogP contribution in [0.4, 0.5) is 0 Å². The fourth-order valence-electron chi connectivity index (χ4n) is 2.49. The van der Waals surface area contributed by atoms with Gasteiger partial charge in [-0.15, -0.1) is 11.3 Å². The van der Waals surface area contributed by atoms with Gasteiger partial charge in [0.1, 0.15) is 0 Å². The molecule has 0 aliphatic carbocycles. The van der Waals surface area contributed by atoms with Crippen LogP contribution in [0, 0.1) is 0 Å². The second-order valence-corrected chi connectivity index (χ2v) is 8.72. The van der Waals surface area contributed by atoms with E-state index in [1.54, 1.807) is 11.6 Å². The van der Waals surface area contributed by atoms with E-state index in [1.807, 2.05) is 43.3 Å². The summed E-state index contributed by atoms with van der Waals surface area (Å²) in [5, 5.41) is 1.88. The van der Waals surface area contributed by atoms with Crippen LogP contribution in [0.2, 0.25) is 5.15 Å². The number of rotatable bonds is 5. The lowest BCUT2D eigenvalue weighted by molar-refractivity contribution is 0.402. The van der Waals surface area contributed by atoms with Crippen LogP contribution in [0.5, 0.6) is 0 Å². The number of hydrogen-bond acceptors (Lipinski definition) is 5. The Hall–Kier alpha value is -1.41. The Morgan fingerprint density at radius 3 is 2.78 bits per heavy atom. The van der Waals surface area contributed by atoms with E-state index in [2.05, 4.69) is 4.98 Å². The van der Waals surface area contributed by atoms with Crippen molar-refractivity contribution in [2.45, 2.75) is 17.3 Å². The van der Waals surface area contributed by atoms with Gasteiger partial charge < -0.3 is 4.90 Å². The van der Waals surface area contributed by atoms with Crippen LogP contribution in [-0.2, 0) is 22.1 Å². The third-order valence-corrected chi connectivity index (χ3v) is 6.14. The first-order valence-electron chi connectivity index (χ1n) is 6.93. The molecule has 0 amide bonds. The molecule has 0 atom stereocenters. The minimum Gasteiger partial charge on any atom is -0.305 e. The van der Waals surface area contributed by atoms with E-state index < -0.39 is 9.84 Å². The summed E-state index contributed by atoms with van der Waals surface area (Å²) < 4.78 is 27.1. The molecule has 0 aliphatic rings. The van der Waals surface area contributed by atoms with Crippen LogP contribution in [0.1, 0.15) is 11.1 Å². The van der Waals surface area contributed by atoms with Gasteiger partial charge in [0.15, 0.2) is 15.1 Å². The highest BCUT2D eigenvalue weighted by Gasteiger charge is 2.25. The van der Waals surface area contributed by atoms with Gasteiger partial charge in [-0.2, -0.15) is 0 Å². The summed E-state index contributed by atoms with van der Waals surface area (Å²) >= 11 is 7.40. The molecular formula is C15H16ClN3O2S2. The maximum Gasteiger partial charge on any atom is 0.201 e. The Labute approximate surface area is 144 Å². The molecule has 122 valence electrons. The van der Waals surface area contributed by atoms with Crippen molar-refractivity contribution in [3.8, 4) is 0 Å². The molecule has 23 heavy (non-hydrogen) atoms. The van der Waals surface area contributed by atoms with Crippen LogP contribution in [0.15, 0.2) is 40.9 Å². The van der Waals surface area contributed by atoms with Crippen LogP contribution < -0.4 is 0 Å². The van der Waals surface area contributed by atoms with Crippen molar-refractivity contribution >= 4 is 37.7 Å². The van der Waals surface area contributed by atoms with E-state index in [9.17, 15) is 8.42 Å². The number of aromatic nitrogens is 2. The highest BCUT2D eigenvalue weighted by molar-refractivity contribution is 7.90. The molecule has 1 aromatic carbocycles. The maximum atomic E-state index is 12.8. The van der Waals surface area contributed by atoms with Crippen molar-refractivity contribution < 1.29 is 8.42 Å². The van der Waals surface area contributed by atoms with Crippen molar-refractivity contribution in [1.82, 2.24) is 14.3 Å². The Bertz CT molecular complexity index is 945. The zero-order valence-corrected chi connectivity index (χ0v) is 15.1. The molecule has 0 fully saturated rings. The van der Waals surface area contributed by atoms with Gasteiger partial charge in [0.2, 0.25) is 9.84 Å². The third kappa shape index (κ3) is 3.42. The molecule has 0 aliphatic heterocycles. The number of imidazole rings is 1. The van der Waals surface area contributed by atoms with Gasteiger partial charge in [-0.25, -0.2) is 13.4 Å². The zero-order chi connectivity index (χ0) is 16.6. The number of nitrogens with zero attached hydrogens (tertiary/aromatic N) is 3. The first-order valence-corrected chi connectivity index (χ1v) is 9.84.